The van der Waals surface area contributed by atoms with Gasteiger partial charge in [0.2, 0.25) is 0 Å². The van der Waals surface area contributed by atoms with Gasteiger partial charge in [0.15, 0.2) is 0 Å². The van der Waals surface area contributed by atoms with E-state index in [4.69, 9.17) is 0 Å². The normalized spacial score (nSPS) is 20.9. The van der Waals surface area contributed by atoms with Crippen LogP contribution in [-0.2, 0) is 12.6 Å². The maximum absolute atomic E-state index is 12.3. The molecule has 2 heterocycles. The van der Waals surface area contributed by atoms with E-state index in [-0.39, 0.29) is 0 Å². The third kappa shape index (κ3) is 3.70. The lowest BCUT2D eigenvalue weighted by molar-refractivity contribution is -0.137. The Kier molecular flexibility index (Phi) is 4.22. The van der Waals surface area contributed by atoms with Crippen LogP contribution in [0.25, 0.3) is 0 Å². The standard InChI is InChI=1S/C13H17F3N2/c14-13(15,16)10-4-5-12(18-9-10)7-6-11-3-1-2-8-17-11/h4-5,9,11,17H,1-3,6-8H2. The van der Waals surface area contributed by atoms with Gasteiger partial charge in [0.1, 0.15) is 0 Å². The number of aromatic nitrogens is 1. The predicted octanol–water partition coefficient (Wildman–Crippen LogP) is 3.18. The second kappa shape index (κ2) is 5.69. The Morgan fingerprint density at radius 2 is 2.11 bits per heavy atom. The molecule has 2 nitrogen and oxygen atoms in total. The van der Waals surface area contributed by atoms with Gasteiger partial charge in [-0.05, 0) is 44.4 Å². The number of nitrogens with one attached hydrogen (secondary N) is 1. The fourth-order valence-corrected chi connectivity index (χ4v) is 2.23. The zero-order valence-corrected chi connectivity index (χ0v) is 10.1. The van der Waals surface area contributed by atoms with E-state index >= 15 is 0 Å². The van der Waals surface area contributed by atoms with Crippen molar-refractivity contribution in [3.63, 3.8) is 0 Å². The van der Waals surface area contributed by atoms with E-state index in [1.165, 1.54) is 18.9 Å². The minimum absolute atomic E-state index is 0.489. The Bertz CT molecular complexity index is 367. The maximum atomic E-state index is 12.3. The highest BCUT2D eigenvalue weighted by Crippen LogP contribution is 2.28. The Hall–Kier alpha value is -1.10. The van der Waals surface area contributed by atoms with Crippen molar-refractivity contribution >= 4 is 0 Å². The number of hydrogen-bond donors (Lipinski definition) is 1. The number of hydrogen-bond acceptors (Lipinski definition) is 2. The van der Waals surface area contributed by atoms with Crippen LogP contribution in [0.4, 0.5) is 13.2 Å². The quantitative estimate of drug-likeness (QED) is 0.900. The molecule has 1 N–H and O–H groups in total. The SMILES string of the molecule is FC(F)(F)c1ccc(CCC2CCCCN2)nc1. The maximum Gasteiger partial charge on any atom is 0.417 e. The number of alkyl halides is 3. The predicted molar refractivity (Wildman–Crippen MR) is 63.2 cm³/mol. The zero-order chi connectivity index (χ0) is 13.0. The molecule has 100 valence electrons. The second-order valence-electron chi connectivity index (χ2n) is 4.72. The summed E-state index contributed by atoms with van der Waals surface area (Å²) in [6.07, 6.45) is 1.90. The minimum atomic E-state index is -4.30. The summed E-state index contributed by atoms with van der Waals surface area (Å²) in [4.78, 5) is 3.88. The van der Waals surface area contributed by atoms with Gasteiger partial charge in [-0.25, -0.2) is 0 Å². The highest BCUT2D eigenvalue weighted by atomic mass is 19.4. The van der Waals surface area contributed by atoms with Crippen LogP contribution in [0, 0.1) is 0 Å². The third-order valence-electron chi connectivity index (χ3n) is 3.31. The molecule has 5 heteroatoms. The van der Waals surface area contributed by atoms with E-state index in [0.29, 0.717) is 6.04 Å². The first-order valence-corrected chi connectivity index (χ1v) is 6.31. The molecule has 1 unspecified atom stereocenters. The highest BCUT2D eigenvalue weighted by Gasteiger charge is 2.30. The van der Waals surface area contributed by atoms with Crippen molar-refractivity contribution in [1.82, 2.24) is 10.3 Å². The van der Waals surface area contributed by atoms with Gasteiger partial charge in [-0.15, -0.1) is 0 Å². The molecular weight excluding hydrogens is 241 g/mol. The average Bonchev–Trinajstić information content (AvgIpc) is 2.37. The molecule has 0 aliphatic carbocycles. The van der Waals surface area contributed by atoms with Gasteiger partial charge in [-0.3, -0.25) is 4.98 Å². The number of nitrogens with zero attached hydrogens (tertiary/aromatic N) is 1. The summed E-state index contributed by atoms with van der Waals surface area (Å²) in [5.74, 6) is 0. The van der Waals surface area contributed by atoms with E-state index in [1.807, 2.05) is 0 Å². The summed E-state index contributed by atoms with van der Waals surface area (Å²) in [6.45, 7) is 1.05. The summed E-state index contributed by atoms with van der Waals surface area (Å²) in [6, 6.07) is 3.07. The van der Waals surface area contributed by atoms with E-state index < -0.39 is 11.7 Å². The highest BCUT2D eigenvalue weighted by molar-refractivity contribution is 5.17. The van der Waals surface area contributed by atoms with Gasteiger partial charge in [-0.1, -0.05) is 6.42 Å². The first-order chi connectivity index (χ1) is 8.55. The summed E-state index contributed by atoms with van der Waals surface area (Å²) < 4.78 is 37.0. The molecule has 1 atom stereocenters. The van der Waals surface area contributed by atoms with Crippen molar-refractivity contribution in [2.75, 3.05) is 6.54 Å². The Labute approximate surface area is 105 Å². The van der Waals surface area contributed by atoms with Crippen molar-refractivity contribution in [1.29, 1.82) is 0 Å². The molecule has 1 saturated heterocycles. The molecule has 1 fully saturated rings. The van der Waals surface area contributed by atoms with Crippen LogP contribution in [0.15, 0.2) is 18.3 Å². The lowest BCUT2D eigenvalue weighted by Gasteiger charge is -2.23. The van der Waals surface area contributed by atoms with Gasteiger partial charge in [0.05, 0.1) is 5.56 Å². The van der Waals surface area contributed by atoms with Crippen LogP contribution in [0.3, 0.4) is 0 Å². The molecule has 0 aromatic carbocycles. The number of pyridine rings is 1. The lowest BCUT2D eigenvalue weighted by atomic mass is 9.99. The van der Waals surface area contributed by atoms with Crippen molar-refractivity contribution in [2.24, 2.45) is 0 Å². The van der Waals surface area contributed by atoms with Gasteiger partial charge >= 0.3 is 6.18 Å². The van der Waals surface area contributed by atoms with Crippen molar-refractivity contribution in [3.05, 3.63) is 29.6 Å². The number of halogens is 3. The topological polar surface area (TPSA) is 24.9 Å². The Morgan fingerprint density at radius 3 is 2.67 bits per heavy atom. The monoisotopic (exact) mass is 258 g/mol. The van der Waals surface area contributed by atoms with Gasteiger partial charge in [0.25, 0.3) is 0 Å². The fraction of sp³-hybridized carbons (Fsp3) is 0.615. The van der Waals surface area contributed by atoms with Crippen LogP contribution in [-0.4, -0.2) is 17.6 Å². The lowest BCUT2D eigenvalue weighted by Crippen LogP contribution is -2.34. The zero-order valence-electron chi connectivity index (χ0n) is 10.1. The second-order valence-corrected chi connectivity index (χ2v) is 4.72. The van der Waals surface area contributed by atoms with Crippen LogP contribution >= 0.6 is 0 Å². The van der Waals surface area contributed by atoms with E-state index in [9.17, 15) is 13.2 Å². The summed E-state index contributed by atoms with van der Waals surface area (Å²) in [5, 5.41) is 3.42. The minimum Gasteiger partial charge on any atom is -0.314 e. The molecule has 1 aromatic rings. The summed E-state index contributed by atoms with van der Waals surface area (Å²) in [7, 11) is 0. The Morgan fingerprint density at radius 1 is 1.28 bits per heavy atom. The molecule has 0 radical (unpaired) electrons. The average molecular weight is 258 g/mol. The molecule has 0 amide bonds. The van der Waals surface area contributed by atoms with Crippen molar-refractivity contribution < 1.29 is 13.2 Å². The molecule has 1 aromatic heterocycles. The smallest absolute Gasteiger partial charge is 0.314 e. The Balaban J connectivity index is 1.86. The molecule has 0 bridgehead atoms. The van der Waals surface area contributed by atoms with Crippen molar-refractivity contribution in [3.8, 4) is 0 Å². The summed E-state index contributed by atoms with van der Waals surface area (Å²) in [5.41, 5.74) is 0.0532. The first kappa shape index (κ1) is 13.3. The van der Waals surface area contributed by atoms with Crippen LogP contribution in [0.5, 0.6) is 0 Å². The number of aryl methyl sites for hydroxylation is 1. The van der Waals surface area contributed by atoms with Crippen LogP contribution in [0.2, 0.25) is 0 Å². The third-order valence-corrected chi connectivity index (χ3v) is 3.31. The largest absolute Gasteiger partial charge is 0.417 e. The van der Waals surface area contributed by atoms with E-state index in [2.05, 4.69) is 10.3 Å². The van der Waals surface area contributed by atoms with Crippen LogP contribution in [0.1, 0.15) is 36.9 Å². The van der Waals surface area contributed by atoms with Gasteiger partial charge in [0, 0.05) is 17.9 Å². The molecule has 2 rings (SSSR count). The molecule has 18 heavy (non-hydrogen) atoms. The number of rotatable bonds is 3. The molecular formula is C13H17F3N2. The van der Waals surface area contributed by atoms with Crippen molar-refractivity contribution in [2.45, 2.75) is 44.3 Å². The number of piperidine rings is 1. The fourth-order valence-electron chi connectivity index (χ4n) is 2.23. The molecule has 1 aliphatic rings. The molecule has 0 spiro atoms. The van der Waals surface area contributed by atoms with E-state index in [1.54, 1.807) is 0 Å². The summed E-state index contributed by atoms with van der Waals surface area (Å²) >= 11 is 0. The van der Waals surface area contributed by atoms with Gasteiger partial charge < -0.3 is 5.32 Å². The molecule has 1 aliphatic heterocycles. The van der Waals surface area contributed by atoms with Gasteiger partial charge in [-0.2, -0.15) is 13.2 Å². The first-order valence-electron chi connectivity index (χ1n) is 6.31. The van der Waals surface area contributed by atoms with Crippen LogP contribution < -0.4 is 5.32 Å². The molecule has 0 saturated carbocycles. The van der Waals surface area contributed by atoms with E-state index in [0.717, 1.165) is 43.8 Å².